The summed E-state index contributed by atoms with van der Waals surface area (Å²) in [7, 11) is 3.60. The van der Waals surface area contributed by atoms with Crippen LogP contribution < -0.4 is 11.1 Å². The van der Waals surface area contributed by atoms with Crippen molar-refractivity contribution in [3.8, 4) is 0 Å². The average molecular weight is 286 g/mol. The second-order valence-electron chi connectivity index (χ2n) is 4.33. The molecule has 5 nitrogen and oxygen atoms in total. The van der Waals surface area contributed by atoms with E-state index in [0.717, 1.165) is 6.54 Å². The minimum atomic E-state index is -0.0710. The Morgan fingerprint density at radius 1 is 1.47 bits per heavy atom. The largest absolute Gasteiger partial charge is 0.397 e. The molecule has 0 fully saturated rings. The number of hydrogen-bond acceptors (Lipinski definition) is 4. The number of benzene rings is 1. The highest BCUT2D eigenvalue weighted by Gasteiger charge is 2.07. The topological polar surface area (TPSA) is 67.6 Å². The minimum absolute atomic E-state index is 0.0710. The van der Waals surface area contributed by atoms with Crippen LogP contribution in [0.15, 0.2) is 18.2 Å². The van der Waals surface area contributed by atoms with Gasteiger partial charge in [0.25, 0.3) is 0 Å². The van der Waals surface area contributed by atoms with Crippen molar-refractivity contribution in [1.29, 1.82) is 0 Å². The lowest BCUT2D eigenvalue weighted by Crippen LogP contribution is -2.27. The van der Waals surface area contributed by atoms with Crippen molar-refractivity contribution in [2.45, 2.75) is 6.42 Å². The molecule has 0 aliphatic carbocycles. The molecule has 0 unspecified atom stereocenters. The molecule has 0 saturated carbocycles. The molecule has 0 heterocycles. The summed E-state index contributed by atoms with van der Waals surface area (Å²) in [5.74, 6) is -0.0710. The van der Waals surface area contributed by atoms with Crippen LogP contribution in [-0.4, -0.2) is 44.7 Å². The molecule has 3 N–H and O–H groups in total. The average Bonchev–Trinajstić information content (AvgIpc) is 2.37. The number of hydrogen-bond donors (Lipinski definition) is 2. The van der Waals surface area contributed by atoms with Crippen LogP contribution in [0.2, 0.25) is 5.02 Å². The van der Waals surface area contributed by atoms with Crippen LogP contribution in [0.4, 0.5) is 11.4 Å². The number of nitrogen functional groups attached to an aromatic ring is 1. The van der Waals surface area contributed by atoms with Crippen molar-refractivity contribution in [2.24, 2.45) is 0 Å². The Morgan fingerprint density at radius 3 is 2.84 bits per heavy atom. The molecule has 0 aliphatic heterocycles. The smallest absolute Gasteiger partial charge is 0.225 e. The van der Waals surface area contributed by atoms with Crippen LogP contribution in [0.3, 0.4) is 0 Å². The summed E-state index contributed by atoms with van der Waals surface area (Å²) in [5, 5.41) is 3.32. The molecule has 0 saturated heterocycles. The molecule has 19 heavy (non-hydrogen) atoms. The van der Waals surface area contributed by atoms with Crippen LogP contribution in [0.25, 0.3) is 0 Å². The van der Waals surface area contributed by atoms with Gasteiger partial charge in [0, 0.05) is 31.6 Å². The highest BCUT2D eigenvalue weighted by molar-refractivity contribution is 6.31. The van der Waals surface area contributed by atoms with Gasteiger partial charge in [-0.1, -0.05) is 11.6 Å². The van der Waals surface area contributed by atoms with E-state index in [4.69, 9.17) is 22.1 Å². The van der Waals surface area contributed by atoms with Gasteiger partial charge in [-0.25, -0.2) is 0 Å². The van der Waals surface area contributed by atoms with Gasteiger partial charge in [0.05, 0.1) is 18.0 Å². The van der Waals surface area contributed by atoms with Gasteiger partial charge in [0.1, 0.15) is 0 Å². The number of likely N-dealkylation sites (N-methyl/N-ethyl adjacent to an activating group) is 1. The van der Waals surface area contributed by atoms with Crippen LogP contribution in [-0.2, 0) is 9.53 Å². The normalized spacial score (nSPS) is 10.7. The van der Waals surface area contributed by atoms with Gasteiger partial charge in [-0.05, 0) is 25.2 Å². The van der Waals surface area contributed by atoms with Gasteiger partial charge < -0.3 is 20.7 Å². The molecule has 0 atom stereocenters. The fraction of sp³-hybridized carbons (Fsp3) is 0.462. The van der Waals surface area contributed by atoms with Gasteiger partial charge in [-0.2, -0.15) is 0 Å². The third kappa shape index (κ3) is 5.92. The molecule has 0 aliphatic rings. The lowest BCUT2D eigenvalue weighted by atomic mass is 10.2. The zero-order valence-corrected chi connectivity index (χ0v) is 12.0. The number of nitrogens with one attached hydrogen (secondary N) is 1. The Labute approximate surface area is 118 Å². The first-order chi connectivity index (χ1) is 9.02. The van der Waals surface area contributed by atoms with Crippen molar-refractivity contribution >= 4 is 28.9 Å². The third-order valence-corrected chi connectivity index (χ3v) is 2.92. The monoisotopic (exact) mass is 285 g/mol. The standard InChI is InChI=1S/C13H20ClN3O2/c1-17(7-8-19-2)6-5-13(18)16-12-4-3-10(14)9-11(12)15/h3-4,9H,5-8,15H2,1-2H3,(H,16,18). The van der Waals surface area contributed by atoms with E-state index in [-0.39, 0.29) is 5.91 Å². The van der Waals surface area contributed by atoms with Gasteiger partial charge in [-0.15, -0.1) is 0 Å². The van der Waals surface area contributed by atoms with E-state index >= 15 is 0 Å². The number of nitrogens with zero attached hydrogens (tertiary/aromatic N) is 1. The molecule has 1 aromatic carbocycles. The zero-order valence-electron chi connectivity index (χ0n) is 11.3. The van der Waals surface area contributed by atoms with Crippen LogP contribution >= 0.6 is 11.6 Å². The van der Waals surface area contributed by atoms with E-state index in [0.29, 0.717) is 36.0 Å². The Kier molecular flexibility index (Phi) is 6.62. The summed E-state index contributed by atoms with van der Waals surface area (Å²) in [6.07, 6.45) is 0.405. The molecular weight excluding hydrogens is 266 g/mol. The highest BCUT2D eigenvalue weighted by atomic mass is 35.5. The van der Waals surface area contributed by atoms with Gasteiger partial charge in [0.2, 0.25) is 5.91 Å². The number of methoxy groups -OCH3 is 1. The molecule has 0 radical (unpaired) electrons. The van der Waals surface area contributed by atoms with Crippen molar-refractivity contribution in [3.05, 3.63) is 23.2 Å². The third-order valence-electron chi connectivity index (χ3n) is 2.69. The minimum Gasteiger partial charge on any atom is -0.397 e. The number of halogens is 1. The molecule has 0 spiro atoms. The highest BCUT2D eigenvalue weighted by Crippen LogP contribution is 2.22. The predicted octanol–water partition coefficient (Wildman–Crippen LogP) is 1.83. The maximum atomic E-state index is 11.8. The summed E-state index contributed by atoms with van der Waals surface area (Å²) in [4.78, 5) is 13.8. The Morgan fingerprint density at radius 2 is 2.21 bits per heavy atom. The summed E-state index contributed by atoms with van der Waals surface area (Å²) in [6, 6.07) is 5.00. The number of rotatable bonds is 7. The Hall–Kier alpha value is -1.30. The molecule has 0 aromatic heterocycles. The molecule has 6 heteroatoms. The summed E-state index contributed by atoms with van der Waals surface area (Å²) in [5.41, 5.74) is 6.82. The fourth-order valence-electron chi connectivity index (χ4n) is 1.51. The number of carbonyl (C=O) groups is 1. The maximum absolute atomic E-state index is 11.8. The van der Waals surface area contributed by atoms with Gasteiger partial charge in [-0.3, -0.25) is 4.79 Å². The van der Waals surface area contributed by atoms with Crippen molar-refractivity contribution in [3.63, 3.8) is 0 Å². The van der Waals surface area contributed by atoms with Crippen LogP contribution in [0.5, 0.6) is 0 Å². The quantitative estimate of drug-likeness (QED) is 0.750. The molecule has 1 aromatic rings. The molecular formula is C13H20ClN3O2. The number of anilines is 2. The second kappa shape index (κ2) is 7.99. The van der Waals surface area contributed by atoms with Crippen molar-refractivity contribution < 1.29 is 9.53 Å². The van der Waals surface area contributed by atoms with E-state index in [1.54, 1.807) is 25.3 Å². The number of amides is 1. The zero-order chi connectivity index (χ0) is 14.3. The van der Waals surface area contributed by atoms with E-state index in [2.05, 4.69) is 5.32 Å². The predicted molar refractivity (Wildman–Crippen MR) is 78.5 cm³/mol. The van der Waals surface area contributed by atoms with Crippen LogP contribution in [0.1, 0.15) is 6.42 Å². The summed E-state index contributed by atoms with van der Waals surface area (Å²) < 4.78 is 4.97. The Balaban J connectivity index is 2.38. The first kappa shape index (κ1) is 15.8. The number of nitrogens with two attached hydrogens (primary N) is 1. The fourth-order valence-corrected chi connectivity index (χ4v) is 1.69. The van der Waals surface area contributed by atoms with E-state index < -0.39 is 0 Å². The first-order valence-corrected chi connectivity index (χ1v) is 6.43. The number of ether oxygens (including phenoxy) is 1. The second-order valence-corrected chi connectivity index (χ2v) is 4.76. The lowest BCUT2D eigenvalue weighted by molar-refractivity contribution is -0.116. The SMILES string of the molecule is COCCN(C)CCC(=O)Nc1ccc(Cl)cc1N. The first-order valence-electron chi connectivity index (χ1n) is 6.05. The Bertz CT molecular complexity index is 426. The lowest BCUT2D eigenvalue weighted by Gasteiger charge is -2.15. The van der Waals surface area contributed by atoms with E-state index in [1.165, 1.54) is 0 Å². The van der Waals surface area contributed by atoms with E-state index in [9.17, 15) is 4.79 Å². The van der Waals surface area contributed by atoms with Crippen molar-refractivity contribution in [2.75, 3.05) is 44.9 Å². The molecule has 0 bridgehead atoms. The van der Waals surface area contributed by atoms with E-state index in [1.807, 2.05) is 11.9 Å². The molecule has 106 valence electrons. The van der Waals surface area contributed by atoms with Gasteiger partial charge >= 0.3 is 0 Å². The van der Waals surface area contributed by atoms with Crippen LogP contribution in [0, 0.1) is 0 Å². The van der Waals surface area contributed by atoms with Crippen molar-refractivity contribution in [1.82, 2.24) is 4.90 Å². The maximum Gasteiger partial charge on any atom is 0.225 e. The number of carbonyl (C=O) groups excluding carboxylic acids is 1. The molecule has 1 rings (SSSR count). The summed E-state index contributed by atoms with van der Waals surface area (Å²) in [6.45, 7) is 2.12. The summed E-state index contributed by atoms with van der Waals surface area (Å²) >= 11 is 5.79. The van der Waals surface area contributed by atoms with Gasteiger partial charge in [0.15, 0.2) is 0 Å². The molecule has 1 amide bonds.